The third-order valence-corrected chi connectivity index (χ3v) is 5.32. The molecule has 0 radical (unpaired) electrons. The van der Waals surface area contributed by atoms with E-state index in [1.165, 1.54) is 32.1 Å². The molecule has 0 aromatic carbocycles. The monoisotopic (exact) mass is 361 g/mol. The standard InChI is InChI=1S/C21H35N3O2/c1-5-17(24-18-10-8-7-9-11-18)12-13-22-20-19(21(25)26-6-2)14-15(3)16(4)23-20/h14,17-18,24H,5-13H2,1-4H3,(H,22,23). The molecule has 1 unspecified atom stereocenters. The molecular formula is C21H35N3O2. The Balaban J connectivity index is 1.94. The van der Waals surface area contributed by atoms with Crippen molar-refractivity contribution in [1.29, 1.82) is 0 Å². The Labute approximate surface area is 158 Å². The molecule has 0 spiro atoms. The SMILES string of the molecule is CCOC(=O)c1cc(C)c(C)nc1NCCC(CC)NC1CCCCC1. The van der Waals surface area contributed by atoms with E-state index in [1.807, 2.05) is 26.8 Å². The number of carbonyl (C=O) groups is 1. The second-order valence-corrected chi connectivity index (χ2v) is 7.33. The van der Waals surface area contributed by atoms with Crippen LogP contribution in [0.4, 0.5) is 5.82 Å². The number of nitrogens with one attached hydrogen (secondary N) is 2. The highest BCUT2D eigenvalue weighted by atomic mass is 16.5. The highest BCUT2D eigenvalue weighted by Gasteiger charge is 2.18. The first kappa shape index (κ1) is 20.7. The summed E-state index contributed by atoms with van der Waals surface area (Å²) in [5.74, 6) is 0.331. The first-order chi connectivity index (χ1) is 12.5. The molecule has 26 heavy (non-hydrogen) atoms. The summed E-state index contributed by atoms with van der Waals surface area (Å²) in [5, 5.41) is 7.19. The Morgan fingerprint density at radius 1 is 1.27 bits per heavy atom. The van der Waals surface area contributed by atoms with Gasteiger partial charge in [0.25, 0.3) is 0 Å². The first-order valence-corrected chi connectivity index (χ1v) is 10.2. The molecule has 0 aliphatic heterocycles. The normalized spacial score (nSPS) is 16.3. The van der Waals surface area contributed by atoms with Crippen LogP contribution in [0.3, 0.4) is 0 Å². The average molecular weight is 362 g/mol. The molecule has 146 valence electrons. The number of hydrogen-bond acceptors (Lipinski definition) is 5. The van der Waals surface area contributed by atoms with Gasteiger partial charge in [-0.2, -0.15) is 0 Å². The fourth-order valence-electron chi connectivity index (χ4n) is 3.58. The number of aromatic nitrogens is 1. The number of aryl methyl sites for hydroxylation is 2. The predicted octanol–water partition coefficient (Wildman–Crippen LogP) is 4.38. The Morgan fingerprint density at radius 3 is 2.65 bits per heavy atom. The van der Waals surface area contributed by atoms with Crippen LogP contribution in [-0.4, -0.2) is 36.2 Å². The van der Waals surface area contributed by atoms with Crippen LogP contribution in [-0.2, 0) is 4.74 Å². The molecular weight excluding hydrogens is 326 g/mol. The summed E-state index contributed by atoms with van der Waals surface area (Å²) in [6.07, 6.45) is 8.81. The minimum absolute atomic E-state index is 0.307. The molecule has 1 aliphatic rings. The van der Waals surface area contributed by atoms with Gasteiger partial charge < -0.3 is 15.4 Å². The average Bonchev–Trinajstić information content (AvgIpc) is 2.64. The van der Waals surface area contributed by atoms with Gasteiger partial charge in [0.05, 0.1) is 6.61 Å². The largest absolute Gasteiger partial charge is 0.462 e. The van der Waals surface area contributed by atoms with Crippen LogP contribution in [0, 0.1) is 13.8 Å². The number of rotatable bonds is 9. The summed E-state index contributed by atoms with van der Waals surface area (Å²) < 4.78 is 5.18. The third kappa shape index (κ3) is 5.97. The van der Waals surface area contributed by atoms with E-state index in [0.29, 0.717) is 30.1 Å². The van der Waals surface area contributed by atoms with Gasteiger partial charge in [0.1, 0.15) is 11.4 Å². The molecule has 1 atom stereocenters. The second kappa shape index (κ2) is 10.5. The number of anilines is 1. The van der Waals surface area contributed by atoms with Gasteiger partial charge in [0.2, 0.25) is 0 Å². The quantitative estimate of drug-likeness (QED) is 0.639. The van der Waals surface area contributed by atoms with Crippen LogP contribution in [0.15, 0.2) is 6.07 Å². The third-order valence-electron chi connectivity index (χ3n) is 5.32. The van der Waals surface area contributed by atoms with Crippen LogP contribution < -0.4 is 10.6 Å². The molecule has 2 N–H and O–H groups in total. The number of esters is 1. The van der Waals surface area contributed by atoms with Crippen molar-refractivity contribution in [3.63, 3.8) is 0 Å². The molecule has 2 rings (SSSR count). The van der Waals surface area contributed by atoms with Crippen LogP contribution in [0.25, 0.3) is 0 Å². The lowest BCUT2D eigenvalue weighted by Gasteiger charge is -2.28. The molecule has 1 aromatic heterocycles. The number of carbonyl (C=O) groups excluding carboxylic acids is 1. The Morgan fingerprint density at radius 2 is 2.00 bits per heavy atom. The molecule has 1 saturated carbocycles. The van der Waals surface area contributed by atoms with Gasteiger partial charge in [-0.05, 0) is 58.1 Å². The lowest BCUT2D eigenvalue weighted by Crippen LogP contribution is -2.40. The Kier molecular flexibility index (Phi) is 8.36. The Bertz CT molecular complexity index is 583. The zero-order valence-electron chi connectivity index (χ0n) is 16.9. The van der Waals surface area contributed by atoms with Gasteiger partial charge in [-0.25, -0.2) is 9.78 Å². The van der Waals surface area contributed by atoms with Crippen LogP contribution >= 0.6 is 0 Å². The van der Waals surface area contributed by atoms with Gasteiger partial charge in [0.15, 0.2) is 0 Å². The van der Waals surface area contributed by atoms with Gasteiger partial charge in [-0.1, -0.05) is 26.2 Å². The van der Waals surface area contributed by atoms with Crippen LogP contribution in [0.5, 0.6) is 0 Å². The lowest BCUT2D eigenvalue weighted by atomic mass is 9.94. The molecule has 1 aliphatic carbocycles. The van der Waals surface area contributed by atoms with E-state index in [0.717, 1.165) is 30.6 Å². The minimum atomic E-state index is -0.307. The summed E-state index contributed by atoms with van der Waals surface area (Å²) in [7, 11) is 0. The van der Waals surface area contributed by atoms with Crippen molar-refractivity contribution < 1.29 is 9.53 Å². The molecule has 0 saturated heterocycles. The van der Waals surface area contributed by atoms with Crippen LogP contribution in [0.1, 0.15) is 80.4 Å². The smallest absolute Gasteiger partial charge is 0.341 e. The second-order valence-electron chi connectivity index (χ2n) is 7.33. The van der Waals surface area contributed by atoms with E-state index < -0.39 is 0 Å². The number of pyridine rings is 1. The summed E-state index contributed by atoms with van der Waals surface area (Å²) in [6.45, 7) is 9.15. The lowest BCUT2D eigenvalue weighted by molar-refractivity contribution is 0.0527. The van der Waals surface area contributed by atoms with E-state index in [-0.39, 0.29) is 5.97 Å². The van der Waals surface area contributed by atoms with Gasteiger partial charge in [-0.15, -0.1) is 0 Å². The fourth-order valence-corrected chi connectivity index (χ4v) is 3.58. The van der Waals surface area contributed by atoms with Crippen LogP contribution in [0.2, 0.25) is 0 Å². The van der Waals surface area contributed by atoms with Crippen molar-refractivity contribution in [3.05, 3.63) is 22.9 Å². The maximum Gasteiger partial charge on any atom is 0.341 e. The molecule has 0 bridgehead atoms. The number of nitrogens with zero attached hydrogens (tertiary/aromatic N) is 1. The summed E-state index contributed by atoms with van der Waals surface area (Å²) in [5.41, 5.74) is 2.47. The van der Waals surface area contributed by atoms with Crippen molar-refractivity contribution in [2.24, 2.45) is 0 Å². The van der Waals surface area contributed by atoms with Crippen molar-refractivity contribution >= 4 is 11.8 Å². The van der Waals surface area contributed by atoms with E-state index in [1.54, 1.807) is 0 Å². The Hall–Kier alpha value is -1.62. The van der Waals surface area contributed by atoms with E-state index in [2.05, 4.69) is 22.5 Å². The van der Waals surface area contributed by atoms with Gasteiger partial charge in [0, 0.05) is 24.3 Å². The molecule has 1 fully saturated rings. The topological polar surface area (TPSA) is 63.2 Å². The fraction of sp³-hybridized carbons (Fsp3) is 0.714. The molecule has 5 nitrogen and oxygen atoms in total. The van der Waals surface area contributed by atoms with Crippen molar-refractivity contribution in [2.75, 3.05) is 18.5 Å². The van der Waals surface area contributed by atoms with Crippen molar-refractivity contribution in [3.8, 4) is 0 Å². The zero-order valence-corrected chi connectivity index (χ0v) is 16.9. The van der Waals surface area contributed by atoms with E-state index in [9.17, 15) is 4.79 Å². The maximum absolute atomic E-state index is 12.2. The number of hydrogen-bond donors (Lipinski definition) is 2. The van der Waals surface area contributed by atoms with Gasteiger partial charge in [-0.3, -0.25) is 0 Å². The molecule has 0 amide bonds. The summed E-state index contributed by atoms with van der Waals surface area (Å²) in [4.78, 5) is 16.8. The van der Waals surface area contributed by atoms with E-state index in [4.69, 9.17) is 4.74 Å². The number of ether oxygens (including phenoxy) is 1. The maximum atomic E-state index is 12.2. The minimum Gasteiger partial charge on any atom is -0.462 e. The molecule has 5 heteroatoms. The summed E-state index contributed by atoms with van der Waals surface area (Å²) >= 11 is 0. The molecule has 1 heterocycles. The van der Waals surface area contributed by atoms with Crippen molar-refractivity contribution in [2.45, 2.75) is 84.7 Å². The highest BCUT2D eigenvalue weighted by molar-refractivity contribution is 5.94. The van der Waals surface area contributed by atoms with Crippen molar-refractivity contribution in [1.82, 2.24) is 10.3 Å². The highest BCUT2D eigenvalue weighted by Crippen LogP contribution is 2.20. The molecule has 1 aromatic rings. The predicted molar refractivity (Wildman–Crippen MR) is 107 cm³/mol. The first-order valence-electron chi connectivity index (χ1n) is 10.2. The van der Waals surface area contributed by atoms with Gasteiger partial charge >= 0.3 is 5.97 Å². The zero-order chi connectivity index (χ0) is 18.9. The summed E-state index contributed by atoms with van der Waals surface area (Å²) in [6, 6.07) is 3.05. The van der Waals surface area contributed by atoms with E-state index >= 15 is 0 Å².